The van der Waals surface area contributed by atoms with Gasteiger partial charge >= 0.3 is 0 Å². The monoisotopic (exact) mass is 588 g/mol. The van der Waals surface area contributed by atoms with Crippen molar-refractivity contribution in [3.05, 3.63) is 59.4 Å². The summed E-state index contributed by atoms with van der Waals surface area (Å²) in [6.07, 6.45) is 26.3. The summed E-state index contributed by atoms with van der Waals surface area (Å²) in [5.74, 6) is 2.91. The lowest BCUT2D eigenvalue weighted by atomic mass is 9.55. The highest BCUT2D eigenvalue weighted by molar-refractivity contribution is 5.40. The van der Waals surface area contributed by atoms with Gasteiger partial charge in [0.25, 0.3) is 0 Å². The molecule has 238 valence electrons. The average molecular weight is 589 g/mol. The number of rotatable bonds is 18. The fourth-order valence-corrected chi connectivity index (χ4v) is 9.31. The lowest BCUT2D eigenvalue weighted by Gasteiger charge is -2.50. The second kappa shape index (κ2) is 16.4. The van der Waals surface area contributed by atoms with Gasteiger partial charge in [-0.15, -0.1) is 0 Å². The Bertz CT molecular complexity index is 1090. The minimum Gasteiger partial charge on any atom is -0.508 e. The molecule has 0 radical (unpaired) electrons. The molecule has 1 aromatic heterocycles. The topological polar surface area (TPSA) is 65.4 Å². The highest BCUT2D eigenvalue weighted by atomic mass is 16.3. The van der Waals surface area contributed by atoms with Crippen molar-refractivity contribution in [2.24, 2.45) is 23.2 Å². The van der Waals surface area contributed by atoms with Crippen LogP contribution in [0.25, 0.3) is 0 Å². The molecule has 1 unspecified atom stereocenters. The first kappa shape index (κ1) is 32.5. The predicted molar refractivity (Wildman–Crippen MR) is 178 cm³/mol. The molecule has 2 aromatic rings. The quantitative estimate of drug-likeness (QED) is 0.152. The molecule has 5 rings (SSSR count). The molecule has 1 aromatic carbocycles. The van der Waals surface area contributed by atoms with Crippen LogP contribution in [0, 0.1) is 23.2 Å². The van der Waals surface area contributed by atoms with Crippen molar-refractivity contribution in [3.63, 3.8) is 0 Å². The molecule has 0 bridgehead atoms. The number of phenolic OH excluding ortho intramolecular Hbond substituents is 1. The summed E-state index contributed by atoms with van der Waals surface area (Å²) >= 11 is 0. The molecular weight excluding hydrogens is 528 g/mol. The number of hydrogen-bond acceptors (Lipinski definition) is 4. The summed E-state index contributed by atoms with van der Waals surface area (Å²) < 4.78 is 0. The highest BCUT2D eigenvalue weighted by Gasteiger charge is 2.57. The molecule has 2 fully saturated rings. The number of aromatic nitrogens is 1. The number of unbranched alkanes of at least 4 members (excludes halogenated alkanes) is 11. The first-order valence-corrected chi connectivity index (χ1v) is 18.2. The molecule has 4 nitrogen and oxygen atoms in total. The molecule has 2 saturated carbocycles. The van der Waals surface area contributed by atoms with Crippen LogP contribution in [0.3, 0.4) is 0 Å². The van der Waals surface area contributed by atoms with E-state index in [0.29, 0.717) is 29.4 Å². The third-order valence-electron chi connectivity index (χ3n) is 11.8. The molecule has 6 atom stereocenters. The first-order valence-electron chi connectivity index (χ1n) is 18.2. The Morgan fingerprint density at radius 1 is 0.860 bits per heavy atom. The van der Waals surface area contributed by atoms with Crippen LogP contribution in [0.1, 0.15) is 139 Å². The molecule has 0 saturated heterocycles. The molecule has 4 heteroatoms. The second-order valence-corrected chi connectivity index (χ2v) is 14.6. The molecule has 0 aliphatic heterocycles. The van der Waals surface area contributed by atoms with Gasteiger partial charge in [0.15, 0.2) is 0 Å². The van der Waals surface area contributed by atoms with Crippen LogP contribution in [0.2, 0.25) is 0 Å². The van der Waals surface area contributed by atoms with Gasteiger partial charge in [0.1, 0.15) is 5.75 Å². The molecule has 3 aliphatic carbocycles. The van der Waals surface area contributed by atoms with Crippen LogP contribution in [0.4, 0.5) is 0 Å². The zero-order chi connectivity index (χ0) is 29.9. The molecule has 43 heavy (non-hydrogen) atoms. The van der Waals surface area contributed by atoms with E-state index in [9.17, 15) is 10.2 Å². The summed E-state index contributed by atoms with van der Waals surface area (Å²) in [5.41, 5.74) is 4.15. The van der Waals surface area contributed by atoms with E-state index in [0.717, 1.165) is 32.4 Å². The van der Waals surface area contributed by atoms with Crippen molar-refractivity contribution in [3.8, 4) is 5.75 Å². The zero-order valence-corrected chi connectivity index (χ0v) is 27.1. The highest BCUT2D eigenvalue weighted by Crippen LogP contribution is 2.62. The van der Waals surface area contributed by atoms with Gasteiger partial charge in [0.05, 0.1) is 6.10 Å². The zero-order valence-electron chi connectivity index (χ0n) is 27.1. The van der Waals surface area contributed by atoms with Gasteiger partial charge in [0.2, 0.25) is 0 Å². The largest absolute Gasteiger partial charge is 0.508 e. The minimum atomic E-state index is -0.117. The lowest BCUT2D eigenvalue weighted by molar-refractivity contribution is -0.0335. The lowest BCUT2D eigenvalue weighted by Crippen LogP contribution is -2.44. The van der Waals surface area contributed by atoms with E-state index in [1.807, 2.05) is 24.4 Å². The molecular formula is C39H60N2O2. The molecule has 1 heterocycles. The standard InChI is InChI=1S/C39H60N2O2/c1-39-24-22-35-34-21-19-33(42)28-30(34)18-20-36(35)37(39)29-31(38(39)43)16-12-10-8-6-4-2-3-5-7-9-11-14-25-40-27-23-32-17-13-15-26-41-32/h13,15,17,19,21,26,28,31,35-38,40,42-43H,2-12,14,16,18,20,22-25,27,29H2,1H3/t31?,35-,36-,37+,38+,39+/m1/s1. The van der Waals surface area contributed by atoms with Gasteiger partial charge in [0, 0.05) is 24.9 Å². The van der Waals surface area contributed by atoms with E-state index >= 15 is 0 Å². The van der Waals surface area contributed by atoms with Crippen molar-refractivity contribution in [1.82, 2.24) is 10.3 Å². The summed E-state index contributed by atoms with van der Waals surface area (Å²) in [7, 11) is 0. The molecule has 3 aliphatic rings. The Morgan fingerprint density at radius 2 is 1.58 bits per heavy atom. The normalized spacial score (nSPS) is 27.9. The van der Waals surface area contributed by atoms with Crippen LogP contribution in [-0.2, 0) is 12.8 Å². The van der Waals surface area contributed by atoms with E-state index in [-0.39, 0.29) is 11.5 Å². The first-order chi connectivity index (χ1) is 21.1. The van der Waals surface area contributed by atoms with Gasteiger partial charge in [-0.1, -0.05) is 89.7 Å². The predicted octanol–water partition coefficient (Wildman–Crippen LogP) is 9.13. The van der Waals surface area contributed by atoms with Gasteiger partial charge in [-0.05, 0) is 116 Å². The van der Waals surface area contributed by atoms with E-state index in [1.165, 1.54) is 120 Å². The van der Waals surface area contributed by atoms with Gasteiger partial charge in [-0.3, -0.25) is 4.98 Å². The molecule has 0 spiro atoms. The minimum absolute atomic E-state index is 0.109. The number of aliphatic hydroxyl groups is 1. The van der Waals surface area contributed by atoms with E-state index < -0.39 is 0 Å². The van der Waals surface area contributed by atoms with Crippen LogP contribution in [0.15, 0.2) is 42.6 Å². The smallest absolute Gasteiger partial charge is 0.115 e. The second-order valence-electron chi connectivity index (χ2n) is 14.6. The summed E-state index contributed by atoms with van der Waals surface area (Å²) in [5, 5.41) is 25.0. The number of aryl methyl sites for hydroxylation is 1. The van der Waals surface area contributed by atoms with Gasteiger partial charge < -0.3 is 15.5 Å². The fraction of sp³-hybridized carbons (Fsp3) is 0.718. The van der Waals surface area contributed by atoms with E-state index in [2.05, 4.69) is 35.4 Å². The van der Waals surface area contributed by atoms with Crippen molar-refractivity contribution in [2.45, 2.75) is 141 Å². The molecule has 0 amide bonds. The van der Waals surface area contributed by atoms with Gasteiger partial charge in [-0.25, -0.2) is 0 Å². The number of nitrogens with zero attached hydrogens (tertiary/aromatic N) is 1. The number of phenols is 1. The Kier molecular flexibility index (Phi) is 12.4. The number of aromatic hydroxyl groups is 1. The number of fused-ring (bicyclic) bond motifs is 5. The third-order valence-corrected chi connectivity index (χ3v) is 11.8. The summed E-state index contributed by atoms with van der Waals surface area (Å²) in [4.78, 5) is 4.38. The molecule has 3 N–H and O–H groups in total. The third kappa shape index (κ3) is 8.63. The van der Waals surface area contributed by atoms with Crippen molar-refractivity contribution in [2.75, 3.05) is 13.1 Å². The SMILES string of the molecule is C[C@]12CC[C@@H]3c4ccc(O)cc4CC[C@H]3[C@@H]1CC(CCCCCCCCCCCCCCNCCc1ccccn1)[C@@H]2O. The van der Waals surface area contributed by atoms with Crippen molar-refractivity contribution in [1.29, 1.82) is 0 Å². The Labute approximate surface area is 262 Å². The number of pyridine rings is 1. The average Bonchev–Trinajstić information content (AvgIpc) is 3.28. The van der Waals surface area contributed by atoms with E-state index in [1.54, 1.807) is 0 Å². The summed E-state index contributed by atoms with van der Waals surface area (Å²) in [6, 6.07) is 12.2. The Morgan fingerprint density at radius 3 is 2.30 bits per heavy atom. The van der Waals surface area contributed by atoms with Crippen molar-refractivity contribution >= 4 is 0 Å². The van der Waals surface area contributed by atoms with Crippen LogP contribution >= 0.6 is 0 Å². The van der Waals surface area contributed by atoms with Crippen LogP contribution in [-0.4, -0.2) is 34.4 Å². The summed E-state index contributed by atoms with van der Waals surface area (Å²) in [6.45, 7) is 4.58. The Hall–Kier alpha value is -1.91. The van der Waals surface area contributed by atoms with E-state index in [4.69, 9.17) is 0 Å². The number of aliphatic hydroxyl groups excluding tert-OH is 1. The van der Waals surface area contributed by atoms with Gasteiger partial charge in [-0.2, -0.15) is 0 Å². The Balaban J connectivity index is 0.860. The van der Waals surface area contributed by atoms with Crippen LogP contribution in [0.5, 0.6) is 5.75 Å². The number of benzene rings is 1. The maximum Gasteiger partial charge on any atom is 0.115 e. The fourth-order valence-electron chi connectivity index (χ4n) is 9.31. The van der Waals surface area contributed by atoms with Crippen LogP contribution < -0.4 is 5.32 Å². The maximum atomic E-state index is 11.5. The number of nitrogens with one attached hydrogen (secondary N) is 1. The maximum absolute atomic E-state index is 11.5. The number of hydrogen-bond donors (Lipinski definition) is 3. The van der Waals surface area contributed by atoms with Crippen molar-refractivity contribution < 1.29 is 10.2 Å².